The number of carbonyl (C=O) groups is 1. The Balaban J connectivity index is 2.58. The molecule has 1 heterocycles. The monoisotopic (exact) mass is 286 g/mol. The van der Waals surface area contributed by atoms with Crippen LogP contribution in [0.15, 0.2) is 35.1 Å². The standard InChI is InChI=1S/C15H14N2O4/c1-9-3-4-11(7-10(9)2)17-14(19)8-13(18)12(16-17)5-6-15(20)21/h3-8,18H,1-2H3,(H,20,21)/b6-5+. The van der Waals surface area contributed by atoms with Gasteiger partial charge in [-0.25, -0.2) is 4.79 Å². The smallest absolute Gasteiger partial charge is 0.328 e. The zero-order chi connectivity index (χ0) is 15.6. The molecule has 0 bridgehead atoms. The van der Waals surface area contributed by atoms with Gasteiger partial charge < -0.3 is 10.2 Å². The van der Waals surface area contributed by atoms with Crippen LogP contribution in [0.3, 0.4) is 0 Å². The number of benzene rings is 1. The zero-order valence-corrected chi connectivity index (χ0v) is 11.6. The summed E-state index contributed by atoms with van der Waals surface area (Å²) in [4.78, 5) is 22.5. The molecule has 0 fully saturated rings. The maximum Gasteiger partial charge on any atom is 0.328 e. The number of aromatic nitrogens is 2. The Morgan fingerprint density at radius 3 is 2.57 bits per heavy atom. The molecule has 6 heteroatoms. The van der Waals surface area contributed by atoms with Crippen molar-refractivity contribution >= 4 is 12.0 Å². The number of hydrogen-bond acceptors (Lipinski definition) is 4. The first kappa shape index (κ1) is 14.5. The van der Waals surface area contributed by atoms with E-state index in [0.717, 1.165) is 34.0 Å². The van der Waals surface area contributed by atoms with Crippen LogP contribution in [0, 0.1) is 13.8 Å². The summed E-state index contributed by atoms with van der Waals surface area (Å²) in [7, 11) is 0. The fraction of sp³-hybridized carbons (Fsp3) is 0.133. The maximum absolute atomic E-state index is 11.9. The first-order valence-corrected chi connectivity index (χ1v) is 6.20. The Labute approximate surface area is 120 Å². The summed E-state index contributed by atoms with van der Waals surface area (Å²) in [5.74, 6) is -1.53. The lowest BCUT2D eigenvalue weighted by Gasteiger charge is -2.08. The van der Waals surface area contributed by atoms with Crippen molar-refractivity contribution in [1.29, 1.82) is 0 Å². The zero-order valence-electron chi connectivity index (χ0n) is 11.6. The maximum atomic E-state index is 11.9. The minimum absolute atomic E-state index is 0.00947. The van der Waals surface area contributed by atoms with Gasteiger partial charge in [0.1, 0.15) is 11.4 Å². The summed E-state index contributed by atoms with van der Waals surface area (Å²) < 4.78 is 1.12. The highest BCUT2D eigenvalue weighted by molar-refractivity contribution is 5.85. The van der Waals surface area contributed by atoms with Gasteiger partial charge in [0.25, 0.3) is 5.56 Å². The quantitative estimate of drug-likeness (QED) is 0.837. The first-order chi connectivity index (χ1) is 9.88. The van der Waals surface area contributed by atoms with Crippen molar-refractivity contribution in [3.05, 3.63) is 57.5 Å². The van der Waals surface area contributed by atoms with Crippen molar-refractivity contribution in [2.24, 2.45) is 0 Å². The summed E-state index contributed by atoms with van der Waals surface area (Å²) in [6.45, 7) is 3.86. The van der Waals surface area contributed by atoms with Crippen LogP contribution in [0.4, 0.5) is 0 Å². The van der Waals surface area contributed by atoms with Gasteiger partial charge in [0, 0.05) is 12.1 Å². The fourth-order valence-corrected chi connectivity index (χ4v) is 1.77. The lowest BCUT2D eigenvalue weighted by atomic mass is 10.1. The Morgan fingerprint density at radius 1 is 1.24 bits per heavy atom. The van der Waals surface area contributed by atoms with E-state index >= 15 is 0 Å². The molecule has 6 nitrogen and oxygen atoms in total. The highest BCUT2D eigenvalue weighted by Gasteiger charge is 2.08. The lowest BCUT2D eigenvalue weighted by molar-refractivity contribution is -0.131. The minimum atomic E-state index is -1.17. The normalized spacial score (nSPS) is 11.0. The van der Waals surface area contributed by atoms with E-state index < -0.39 is 11.5 Å². The Bertz CT molecular complexity index is 791. The Hall–Kier alpha value is -2.89. The largest absolute Gasteiger partial charge is 0.505 e. The number of carboxylic acid groups (broad SMARTS) is 1. The van der Waals surface area contributed by atoms with E-state index in [2.05, 4.69) is 5.10 Å². The van der Waals surface area contributed by atoms with Crippen LogP contribution < -0.4 is 5.56 Å². The van der Waals surface area contributed by atoms with Crippen molar-refractivity contribution < 1.29 is 15.0 Å². The van der Waals surface area contributed by atoms with E-state index in [1.54, 1.807) is 12.1 Å². The lowest BCUT2D eigenvalue weighted by Crippen LogP contribution is -2.21. The molecule has 0 aliphatic rings. The van der Waals surface area contributed by atoms with Crippen molar-refractivity contribution in [2.45, 2.75) is 13.8 Å². The van der Waals surface area contributed by atoms with Crippen molar-refractivity contribution in [1.82, 2.24) is 9.78 Å². The molecule has 2 aromatic rings. The topological polar surface area (TPSA) is 92.4 Å². The van der Waals surface area contributed by atoms with Crippen LogP contribution in [-0.4, -0.2) is 26.0 Å². The SMILES string of the molecule is Cc1ccc(-n2nc(/C=C/C(=O)O)c(O)cc2=O)cc1C. The fourth-order valence-electron chi connectivity index (χ4n) is 1.77. The third-order valence-corrected chi connectivity index (χ3v) is 3.06. The second-order valence-electron chi connectivity index (χ2n) is 4.60. The van der Waals surface area contributed by atoms with Crippen LogP contribution in [0.2, 0.25) is 0 Å². The van der Waals surface area contributed by atoms with Gasteiger partial charge in [-0.05, 0) is 43.2 Å². The van der Waals surface area contributed by atoms with E-state index in [1.807, 2.05) is 19.9 Å². The molecule has 0 aliphatic carbocycles. The molecule has 0 radical (unpaired) electrons. The summed E-state index contributed by atoms with van der Waals surface area (Å²) >= 11 is 0. The average molecular weight is 286 g/mol. The molecule has 1 aromatic heterocycles. The van der Waals surface area contributed by atoms with E-state index in [-0.39, 0.29) is 11.4 Å². The molecule has 21 heavy (non-hydrogen) atoms. The van der Waals surface area contributed by atoms with Crippen molar-refractivity contribution in [3.63, 3.8) is 0 Å². The van der Waals surface area contributed by atoms with Gasteiger partial charge in [0.05, 0.1) is 5.69 Å². The second-order valence-corrected chi connectivity index (χ2v) is 4.60. The van der Waals surface area contributed by atoms with Gasteiger partial charge in [-0.2, -0.15) is 9.78 Å². The number of aliphatic carboxylic acids is 1. The number of nitrogens with zero attached hydrogens (tertiary/aromatic N) is 2. The molecule has 0 unspecified atom stereocenters. The Kier molecular flexibility index (Phi) is 3.89. The van der Waals surface area contributed by atoms with Crippen LogP contribution in [0.5, 0.6) is 5.75 Å². The highest BCUT2D eigenvalue weighted by Crippen LogP contribution is 2.16. The van der Waals surface area contributed by atoms with E-state index in [1.165, 1.54) is 0 Å². The predicted molar refractivity (Wildman–Crippen MR) is 77.6 cm³/mol. The Morgan fingerprint density at radius 2 is 1.95 bits per heavy atom. The number of hydrogen-bond donors (Lipinski definition) is 2. The molecule has 2 rings (SSSR count). The number of rotatable bonds is 3. The molecule has 108 valence electrons. The van der Waals surface area contributed by atoms with Gasteiger partial charge in [-0.15, -0.1) is 0 Å². The van der Waals surface area contributed by atoms with Crippen LogP contribution in [-0.2, 0) is 4.79 Å². The molecule has 1 aromatic carbocycles. The predicted octanol–water partition coefficient (Wildman–Crippen LogP) is 1.65. The van der Waals surface area contributed by atoms with Crippen LogP contribution >= 0.6 is 0 Å². The summed E-state index contributed by atoms with van der Waals surface area (Å²) in [6.07, 6.45) is 1.98. The molecule has 0 amide bonds. The van der Waals surface area contributed by atoms with E-state index in [9.17, 15) is 14.7 Å². The van der Waals surface area contributed by atoms with Crippen molar-refractivity contribution in [2.75, 3.05) is 0 Å². The van der Waals surface area contributed by atoms with E-state index in [0.29, 0.717) is 5.69 Å². The summed E-state index contributed by atoms with van der Waals surface area (Å²) in [5, 5.41) is 22.3. The number of aryl methyl sites for hydroxylation is 2. The van der Waals surface area contributed by atoms with E-state index in [4.69, 9.17) is 5.11 Å². The summed E-state index contributed by atoms with van der Waals surface area (Å²) in [6, 6.07) is 6.39. The third kappa shape index (κ3) is 3.17. The summed E-state index contributed by atoms with van der Waals surface area (Å²) in [5.41, 5.74) is 2.14. The molecule has 0 saturated carbocycles. The first-order valence-electron chi connectivity index (χ1n) is 6.20. The number of aromatic hydroxyl groups is 1. The van der Waals surface area contributed by atoms with Gasteiger partial charge in [0.2, 0.25) is 0 Å². The number of carboxylic acids is 1. The molecule has 0 saturated heterocycles. The van der Waals surface area contributed by atoms with Gasteiger partial charge in [-0.1, -0.05) is 6.07 Å². The van der Waals surface area contributed by atoms with Crippen LogP contribution in [0.25, 0.3) is 11.8 Å². The third-order valence-electron chi connectivity index (χ3n) is 3.06. The van der Waals surface area contributed by atoms with Gasteiger partial charge >= 0.3 is 5.97 Å². The minimum Gasteiger partial charge on any atom is -0.505 e. The second kappa shape index (κ2) is 5.62. The molecule has 0 spiro atoms. The average Bonchev–Trinajstić information content (AvgIpc) is 2.41. The highest BCUT2D eigenvalue weighted by atomic mass is 16.4. The molecule has 0 atom stereocenters. The molecule has 2 N–H and O–H groups in total. The molecule has 0 aliphatic heterocycles. The molecular formula is C15H14N2O4. The van der Waals surface area contributed by atoms with Crippen LogP contribution in [0.1, 0.15) is 16.8 Å². The molecular weight excluding hydrogens is 272 g/mol. The van der Waals surface area contributed by atoms with Crippen molar-refractivity contribution in [3.8, 4) is 11.4 Å². The van der Waals surface area contributed by atoms with Gasteiger partial charge in [-0.3, -0.25) is 4.79 Å². The van der Waals surface area contributed by atoms with Gasteiger partial charge in [0.15, 0.2) is 0 Å².